The normalized spacial score (nSPS) is 20.5. The highest BCUT2D eigenvalue weighted by atomic mass is 32.2. The minimum absolute atomic E-state index is 0.398. The van der Waals surface area contributed by atoms with Crippen LogP contribution < -0.4 is 5.32 Å². The van der Waals surface area contributed by atoms with Crippen LogP contribution in [0.1, 0.15) is 39.7 Å². The number of thioether (sulfide) groups is 1. The van der Waals surface area contributed by atoms with Crippen LogP contribution in [0.25, 0.3) is 0 Å². The van der Waals surface area contributed by atoms with Crippen molar-refractivity contribution in [3.63, 3.8) is 0 Å². The van der Waals surface area contributed by atoms with Crippen molar-refractivity contribution in [3.8, 4) is 0 Å². The predicted molar refractivity (Wildman–Crippen MR) is 74.8 cm³/mol. The maximum Gasteiger partial charge on any atom is 0.161 e. The molecule has 1 atom stereocenters. The van der Waals surface area contributed by atoms with Crippen molar-refractivity contribution in [1.29, 1.82) is 0 Å². The Morgan fingerprint density at radius 2 is 2.41 bits per heavy atom. The second kappa shape index (κ2) is 5.58. The Labute approximate surface area is 107 Å². The minimum atomic E-state index is 0.398. The van der Waals surface area contributed by atoms with Crippen molar-refractivity contribution in [3.05, 3.63) is 12.4 Å². The summed E-state index contributed by atoms with van der Waals surface area (Å²) < 4.78 is 1.95. The highest BCUT2D eigenvalue weighted by molar-refractivity contribution is 8.14. The number of nitrogens with zero attached hydrogens (tertiary/aromatic N) is 3. The molecule has 0 bridgehead atoms. The summed E-state index contributed by atoms with van der Waals surface area (Å²) in [5.41, 5.74) is 1.03. The van der Waals surface area contributed by atoms with E-state index in [1.165, 1.54) is 6.42 Å². The minimum Gasteiger partial charge on any atom is -0.332 e. The van der Waals surface area contributed by atoms with E-state index in [1.54, 1.807) is 11.8 Å². The van der Waals surface area contributed by atoms with Gasteiger partial charge in [0.15, 0.2) is 5.17 Å². The Hall–Kier alpha value is -0.970. The van der Waals surface area contributed by atoms with Gasteiger partial charge in [0.2, 0.25) is 0 Å². The number of nitrogens with one attached hydrogen (secondary N) is 1. The molecule has 5 heteroatoms. The number of aliphatic imine (C=N–C) groups is 1. The fourth-order valence-corrected chi connectivity index (χ4v) is 2.73. The largest absolute Gasteiger partial charge is 0.332 e. The SMILES string of the molecule is CCC1CCSC(Nc2cnn(C(C)C)c2)=N1. The van der Waals surface area contributed by atoms with Crippen molar-refractivity contribution in [1.82, 2.24) is 9.78 Å². The third-order valence-corrected chi connectivity index (χ3v) is 3.76. The zero-order chi connectivity index (χ0) is 12.3. The Bertz CT molecular complexity index is 397. The van der Waals surface area contributed by atoms with E-state index >= 15 is 0 Å². The quantitative estimate of drug-likeness (QED) is 0.898. The Morgan fingerprint density at radius 3 is 3.06 bits per heavy atom. The van der Waals surface area contributed by atoms with E-state index in [0.29, 0.717) is 12.1 Å². The van der Waals surface area contributed by atoms with Gasteiger partial charge in [0.1, 0.15) is 0 Å². The van der Waals surface area contributed by atoms with Gasteiger partial charge >= 0.3 is 0 Å². The third-order valence-electron chi connectivity index (χ3n) is 2.84. The molecule has 0 spiro atoms. The smallest absolute Gasteiger partial charge is 0.161 e. The van der Waals surface area contributed by atoms with Crippen LogP contribution in [0.3, 0.4) is 0 Å². The standard InChI is InChI=1S/C12H20N4S/c1-4-10-5-6-17-12(14-10)15-11-7-13-16(8-11)9(2)3/h7-10H,4-6H2,1-3H3,(H,14,15). The van der Waals surface area contributed by atoms with Crippen molar-refractivity contribution in [2.24, 2.45) is 4.99 Å². The fraction of sp³-hybridized carbons (Fsp3) is 0.667. The summed E-state index contributed by atoms with van der Waals surface area (Å²) in [6.45, 7) is 6.44. The van der Waals surface area contributed by atoms with Crippen LogP contribution in [0.5, 0.6) is 0 Å². The molecule has 0 radical (unpaired) electrons. The lowest BCUT2D eigenvalue weighted by atomic mass is 10.2. The summed E-state index contributed by atoms with van der Waals surface area (Å²) in [5, 5.41) is 8.69. The molecule has 1 aromatic rings. The average molecular weight is 252 g/mol. The second-order valence-electron chi connectivity index (χ2n) is 4.56. The number of aromatic nitrogens is 2. The van der Waals surface area contributed by atoms with Crippen LogP contribution in [0.4, 0.5) is 5.69 Å². The van der Waals surface area contributed by atoms with E-state index in [9.17, 15) is 0 Å². The van der Waals surface area contributed by atoms with Gasteiger partial charge in [-0.1, -0.05) is 18.7 Å². The molecular formula is C12H20N4S. The first-order valence-corrected chi connectivity index (χ1v) is 7.19. The Morgan fingerprint density at radius 1 is 1.59 bits per heavy atom. The van der Waals surface area contributed by atoms with Crippen LogP contribution in [0.15, 0.2) is 17.4 Å². The number of rotatable bonds is 3. The molecule has 0 fully saturated rings. The fourth-order valence-electron chi connectivity index (χ4n) is 1.73. The van der Waals surface area contributed by atoms with Crippen LogP contribution in [-0.2, 0) is 0 Å². The lowest BCUT2D eigenvalue weighted by molar-refractivity contribution is 0.532. The number of hydrogen-bond acceptors (Lipinski definition) is 4. The molecule has 1 aromatic heterocycles. The zero-order valence-corrected chi connectivity index (χ0v) is 11.5. The summed E-state index contributed by atoms with van der Waals surface area (Å²) in [4.78, 5) is 4.68. The Balaban J connectivity index is 2.02. The lowest BCUT2D eigenvalue weighted by Crippen LogP contribution is -2.19. The summed E-state index contributed by atoms with van der Waals surface area (Å²) in [6, 6.07) is 0.883. The highest BCUT2D eigenvalue weighted by Gasteiger charge is 2.14. The monoisotopic (exact) mass is 252 g/mol. The Kier molecular flexibility index (Phi) is 4.10. The van der Waals surface area contributed by atoms with Gasteiger partial charge in [0, 0.05) is 18.0 Å². The number of amidine groups is 1. The van der Waals surface area contributed by atoms with E-state index in [-0.39, 0.29) is 0 Å². The molecule has 2 heterocycles. The molecule has 0 saturated heterocycles. The molecule has 1 aliphatic heterocycles. The van der Waals surface area contributed by atoms with Gasteiger partial charge in [0.25, 0.3) is 0 Å². The summed E-state index contributed by atoms with van der Waals surface area (Å²) in [6.07, 6.45) is 6.20. The van der Waals surface area contributed by atoms with Crippen molar-refractivity contribution in [2.75, 3.05) is 11.1 Å². The van der Waals surface area contributed by atoms with Crippen molar-refractivity contribution >= 4 is 22.6 Å². The van der Waals surface area contributed by atoms with Crippen LogP contribution >= 0.6 is 11.8 Å². The first-order chi connectivity index (χ1) is 8.19. The van der Waals surface area contributed by atoms with E-state index < -0.39 is 0 Å². The van der Waals surface area contributed by atoms with Gasteiger partial charge in [-0.3, -0.25) is 9.67 Å². The van der Waals surface area contributed by atoms with Gasteiger partial charge in [-0.15, -0.1) is 0 Å². The van der Waals surface area contributed by atoms with Gasteiger partial charge in [-0.05, 0) is 26.7 Å². The summed E-state index contributed by atoms with van der Waals surface area (Å²) >= 11 is 1.80. The molecule has 4 nitrogen and oxygen atoms in total. The molecule has 1 aliphatic rings. The first kappa shape index (κ1) is 12.5. The molecule has 94 valence electrons. The molecular weight excluding hydrogens is 232 g/mol. The summed E-state index contributed by atoms with van der Waals surface area (Å²) in [7, 11) is 0. The maximum absolute atomic E-state index is 4.68. The van der Waals surface area contributed by atoms with Crippen molar-refractivity contribution in [2.45, 2.75) is 45.7 Å². The summed E-state index contributed by atoms with van der Waals surface area (Å²) in [5.74, 6) is 1.16. The van der Waals surface area contributed by atoms with Gasteiger partial charge in [-0.25, -0.2) is 0 Å². The van der Waals surface area contributed by atoms with E-state index in [0.717, 1.165) is 23.0 Å². The topological polar surface area (TPSA) is 42.2 Å². The van der Waals surface area contributed by atoms with Crippen LogP contribution in [0.2, 0.25) is 0 Å². The van der Waals surface area contributed by atoms with Crippen LogP contribution in [0, 0.1) is 0 Å². The predicted octanol–water partition coefficient (Wildman–Crippen LogP) is 3.15. The lowest BCUT2D eigenvalue weighted by Gasteiger charge is -2.18. The molecule has 1 N–H and O–H groups in total. The molecule has 2 rings (SSSR count). The van der Waals surface area contributed by atoms with E-state index in [4.69, 9.17) is 0 Å². The molecule has 0 aliphatic carbocycles. The highest BCUT2D eigenvalue weighted by Crippen LogP contribution is 2.21. The molecule has 1 unspecified atom stereocenters. The van der Waals surface area contributed by atoms with E-state index in [1.807, 2.05) is 17.1 Å². The molecule has 17 heavy (non-hydrogen) atoms. The number of hydrogen-bond donors (Lipinski definition) is 1. The van der Waals surface area contributed by atoms with Gasteiger partial charge < -0.3 is 5.32 Å². The van der Waals surface area contributed by atoms with Gasteiger partial charge in [-0.2, -0.15) is 5.10 Å². The molecule has 0 aromatic carbocycles. The number of anilines is 1. The third kappa shape index (κ3) is 3.25. The first-order valence-electron chi connectivity index (χ1n) is 6.20. The molecule has 0 amide bonds. The maximum atomic E-state index is 4.68. The zero-order valence-electron chi connectivity index (χ0n) is 10.7. The second-order valence-corrected chi connectivity index (χ2v) is 5.64. The molecule has 0 saturated carbocycles. The van der Waals surface area contributed by atoms with E-state index in [2.05, 4.69) is 36.2 Å². The average Bonchev–Trinajstić information content (AvgIpc) is 2.78. The van der Waals surface area contributed by atoms with Gasteiger partial charge in [0.05, 0.1) is 17.9 Å². The van der Waals surface area contributed by atoms with Crippen molar-refractivity contribution < 1.29 is 0 Å². The van der Waals surface area contributed by atoms with Crippen LogP contribution in [-0.4, -0.2) is 26.7 Å².